The molecule has 2 rings (SSSR count). The molecule has 0 radical (unpaired) electrons. The van der Waals surface area contributed by atoms with Gasteiger partial charge in [-0.05, 0) is 48.5 Å². The second-order valence-corrected chi connectivity index (χ2v) is 5.34. The second kappa shape index (κ2) is 6.39. The largest absolute Gasteiger partial charge is 0.468 e. The molecule has 0 fully saturated rings. The lowest BCUT2D eigenvalue weighted by Gasteiger charge is -2.19. The zero-order chi connectivity index (χ0) is 13.8. The molecule has 19 heavy (non-hydrogen) atoms. The first-order valence-corrected chi connectivity index (χ1v) is 7.41. The standard InChI is InChI=1S/C14H20BrN3O/c1-4-17(9-12-7-6-8-19-12)10-13-14(15)11(3)16-18(13)5-2/h6-8H,4-5,9-10H2,1-3H3. The third kappa shape index (κ3) is 3.28. The third-order valence-corrected chi connectivity index (χ3v) is 4.26. The lowest BCUT2D eigenvalue weighted by molar-refractivity contribution is 0.240. The Balaban J connectivity index is 2.14. The molecule has 0 bridgehead atoms. The number of furan rings is 1. The van der Waals surface area contributed by atoms with Crippen molar-refractivity contribution in [1.29, 1.82) is 0 Å². The summed E-state index contributed by atoms with van der Waals surface area (Å²) in [5.74, 6) is 0.997. The lowest BCUT2D eigenvalue weighted by atomic mass is 10.3. The molecule has 0 spiro atoms. The van der Waals surface area contributed by atoms with Gasteiger partial charge >= 0.3 is 0 Å². The Morgan fingerprint density at radius 3 is 2.74 bits per heavy atom. The van der Waals surface area contributed by atoms with Gasteiger partial charge in [0.25, 0.3) is 0 Å². The van der Waals surface area contributed by atoms with Crippen LogP contribution in [0.15, 0.2) is 27.3 Å². The molecule has 4 nitrogen and oxygen atoms in total. The number of halogens is 1. The van der Waals surface area contributed by atoms with E-state index in [1.807, 2.05) is 19.1 Å². The molecule has 0 atom stereocenters. The molecule has 2 heterocycles. The van der Waals surface area contributed by atoms with Crippen molar-refractivity contribution in [2.75, 3.05) is 6.54 Å². The first-order valence-electron chi connectivity index (χ1n) is 6.62. The third-order valence-electron chi connectivity index (χ3n) is 3.23. The minimum Gasteiger partial charge on any atom is -0.468 e. The van der Waals surface area contributed by atoms with Gasteiger partial charge in [0, 0.05) is 13.1 Å². The summed E-state index contributed by atoms with van der Waals surface area (Å²) in [5, 5.41) is 4.53. The van der Waals surface area contributed by atoms with Gasteiger partial charge in [-0.1, -0.05) is 6.92 Å². The van der Waals surface area contributed by atoms with E-state index in [2.05, 4.69) is 44.5 Å². The van der Waals surface area contributed by atoms with E-state index in [4.69, 9.17) is 4.42 Å². The first kappa shape index (κ1) is 14.3. The van der Waals surface area contributed by atoms with E-state index in [-0.39, 0.29) is 0 Å². The monoisotopic (exact) mass is 325 g/mol. The van der Waals surface area contributed by atoms with Crippen LogP contribution in [0.3, 0.4) is 0 Å². The van der Waals surface area contributed by atoms with Gasteiger partial charge in [0.2, 0.25) is 0 Å². The molecule has 0 aromatic carbocycles. The average molecular weight is 326 g/mol. The summed E-state index contributed by atoms with van der Waals surface area (Å²) >= 11 is 3.64. The second-order valence-electron chi connectivity index (χ2n) is 4.54. The molecule has 0 unspecified atom stereocenters. The normalized spacial score (nSPS) is 11.4. The summed E-state index contributed by atoms with van der Waals surface area (Å²) in [5.41, 5.74) is 2.28. The highest BCUT2D eigenvalue weighted by Crippen LogP contribution is 2.23. The van der Waals surface area contributed by atoms with Crippen LogP contribution in [0, 0.1) is 6.92 Å². The van der Waals surface area contributed by atoms with Gasteiger partial charge in [0.05, 0.1) is 28.7 Å². The fraction of sp³-hybridized carbons (Fsp3) is 0.500. The first-order chi connectivity index (χ1) is 9.15. The van der Waals surface area contributed by atoms with Crippen molar-refractivity contribution in [3.8, 4) is 0 Å². The van der Waals surface area contributed by atoms with E-state index in [1.54, 1.807) is 6.26 Å². The van der Waals surface area contributed by atoms with Crippen LogP contribution in [0.1, 0.15) is 31.0 Å². The van der Waals surface area contributed by atoms with Crippen molar-refractivity contribution in [1.82, 2.24) is 14.7 Å². The molecule has 2 aromatic heterocycles. The van der Waals surface area contributed by atoms with Gasteiger partial charge in [-0.15, -0.1) is 0 Å². The number of hydrogen-bond acceptors (Lipinski definition) is 3. The molecule has 0 saturated carbocycles. The Hall–Kier alpha value is -1.07. The molecule has 0 amide bonds. The van der Waals surface area contributed by atoms with Crippen molar-refractivity contribution >= 4 is 15.9 Å². The number of aryl methyl sites for hydroxylation is 2. The predicted octanol–water partition coefficient (Wildman–Crippen LogP) is 3.59. The van der Waals surface area contributed by atoms with Crippen LogP contribution in [-0.2, 0) is 19.6 Å². The van der Waals surface area contributed by atoms with Gasteiger partial charge < -0.3 is 4.42 Å². The Bertz CT molecular complexity index is 519. The molecular formula is C14H20BrN3O. The van der Waals surface area contributed by atoms with E-state index in [1.165, 1.54) is 5.69 Å². The number of hydrogen-bond donors (Lipinski definition) is 0. The molecular weight excluding hydrogens is 306 g/mol. The van der Waals surface area contributed by atoms with Crippen LogP contribution >= 0.6 is 15.9 Å². The Kier molecular flexibility index (Phi) is 4.82. The van der Waals surface area contributed by atoms with Gasteiger partial charge in [-0.25, -0.2) is 0 Å². The van der Waals surface area contributed by atoms with Crippen LogP contribution in [0.5, 0.6) is 0 Å². The van der Waals surface area contributed by atoms with E-state index in [0.717, 1.165) is 42.1 Å². The van der Waals surface area contributed by atoms with Crippen molar-refractivity contribution in [2.45, 2.75) is 40.4 Å². The fourth-order valence-electron chi connectivity index (χ4n) is 2.13. The highest BCUT2D eigenvalue weighted by molar-refractivity contribution is 9.10. The highest BCUT2D eigenvalue weighted by atomic mass is 79.9. The maximum absolute atomic E-state index is 5.42. The van der Waals surface area contributed by atoms with Crippen LogP contribution in [0.25, 0.3) is 0 Å². The van der Waals surface area contributed by atoms with Crippen molar-refractivity contribution in [3.05, 3.63) is 40.0 Å². The molecule has 104 valence electrons. The SMILES string of the molecule is CCN(Cc1ccco1)Cc1c(Br)c(C)nn1CC. The van der Waals surface area contributed by atoms with Crippen molar-refractivity contribution < 1.29 is 4.42 Å². The van der Waals surface area contributed by atoms with E-state index >= 15 is 0 Å². The number of rotatable bonds is 6. The van der Waals surface area contributed by atoms with Crippen LogP contribution in [0.2, 0.25) is 0 Å². The number of nitrogens with zero attached hydrogens (tertiary/aromatic N) is 3. The summed E-state index contributed by atoms with van der Waals surface area (Å²) in [6, 6.07) is 3.94. The molecule has 2 aromatic rings. The number of aromatic nitrogens is 2. The minimum absolute atomic E-state index is 0.823. The maximum atomic E-state index is 5.42. The van der Waals surface area contributed by atoms with E-state index in [0.29, 0.717) is 0 Å². The van der Waals surface area contributed by atoms with Crippen molar-refractivity contribution in [2.24, 2.45) is 0 Å². The Labute approximate surface area is 122 Å². The van der Waals surface area contributed by atoms with E-state index < -0.39 is 0 Å². The topological polar surface area (TPSA) is 34.2 Å². The maximum Gasteiger partial charge on any atom is 0.117 e. The summed E-state index contributed by atoms with van der Waals surface area (Å²) in [7, 11) is 0. The van der Waals surface area contributed by atoms with Crippen molar-refractivity contribution in [3.63, 3.8) is 0 Å². The van der Waals surface area contributed by atoms with E-state index in [9.17, 15) is 0 Å². The molecule has 5 heteroatoms. The van der Waals surface area contributed by atoms with Gasteiger partial charge in [-0.2, -0.15) is 5.10 Å². The quantitative estimate of drug-likeness (QED) is 0.813. The zero-order valence-corrected chi connectivity index (χ0v) is 13.3. The van der Waals surface area contributed by atoms with Gasteiger partial charge in [-0.3, -0.25) is 9.58 Å². The fourth-order valence-corrected chi connectivity index (χ4v) is 2.54. The molecule has 0 aliphatic rings. The smallest absolute Gasteiger partial charge is 0.117 e. The summed E-state index contributed by atoms with van der Waals surface area (Å²) in [6.07, 6.45) is 1.72. The molecule has 0 aliphatic heterocycles. The highest BCUT2D eigenvalue weighted by Gasteiger charge is 2.15. The minimum atomic E-state index is 0.823. The van der Waals surface area contributed by atoms with Gasteiger partial charge in [0.15, 0.2) is 0 Å². The Morgan fingerprint density at radius 1 is 1.37 bits per heavy atom. The van der Waals surface area contributed by atoms with Crippen LogP contribution < -0.4 is 0 Å². The van der Waals surface area contributed by atoms with Gasteiger partial charge in [0.1, 0.15) is 5.76 Å². The summed E-state index contributed by atoms with van der Waals surface area (Å²) in [6.45, 7) is 9.86. The molecule has 0 aliphatic carbocycles. The molecule has 0 saturated heterocycles. The summed E-state index contributed by atoms with van der Waals surface area (Å²) in [4.78, 5) is 2.34. The average Bonchev–Trinajstić information content (AvgIpc) is 3.01. The summed E-state index contributed by atoms with van der Waals surface area (Å²) < 4.78 is 8.60. The lowest BCUT2D eigenvalue weighted by Crippen LogP contribution is -2.24. The zero-order valence-electron chi connectivity index (χ0n) is 11.7. The molecule has 0 N–H and O–H groups in total. The van der Waals surface area contributed by atoms with Crippen LogP contribution in [-0.4, -0.2) is 21.2 Å². The van der Waals surface area contributed by atoms with Crippen LogP contribution in [0.4, 0.5) is 0 Å². The predicted molar refractivity (Wildman–Crippen MR) is 78.8 cm³/mol. The Morgan fingerprint density at radius 2 is 2.16 bits per heavy atom.